The average molecular weight is 267 g/mol. The zero-order valence-electron chi connectivity index (χ0n) is 11.6. The first kappa shape index (κ1) is 13.2. The highest BCUT2D eigenvalue weighted by atomic mass is 16.5. The molecule has 0 aromatic carbocycles. The van der Waals surface area contributed by atoms with Gasteiger partial charge in [-0.2, -0.15) is 0 Å². The minimum absolute atomic E-state index is 0.114. The van der Waals surface area contributed by atoms with E-state index < -0.39 is 0 Å². The first-order valence-corrected chi connectivity index (χ1v) is 7.69. The minimum atomic E-state index is 0.114. The second-order valence-corrected chi connectivity index (χ2v) is 6.09. The predicted octanol–water partition coefficient (Wildman–Crippen LogP) is 0.949. The lowest BCUT2D eigenvalue weighted by Gasteiger charge is -2.29. The zero-order chi connectivity index (χ0) is 13.1. The molecule has 3 aliphatic rings. The summed E-state index contributed by atoms with van der Waals surface area (Å²) in [6, 6.07) is 0.782. The predicted molar refractivity (Wildman–Crippen MR) is 73.1 cm³/mol. The molecule has 2 N–H and O–H groups in total. The van der Waals surface area contributed by atoms with Gasteiger partial charge >= 0.3 is 6.03 Å². The molecule has 5 nitrogen and oxygen atoms in total. The zero-order valence-corrected chi connectivity index (χ0v) is 11.6. The van der Waals surface area contributed by atoms with E-state index in [2.05, 4.69) is 10.6 Å². The Balaban J connectivity index is 1.51. The van der Waals surface area contributed by atoms with Crippen molar-refractivity contribution in [1.29, 1.82) is 0 Å². The van der Waals surface area contributed by atoms with Crippen molar-refractivity contribution in [1.82, 2.24) is 15.5 Å². The molecule has 0 radical (unpaired) electrons. The molecule has 3 rings (SSSR count). The highest BCUT2D eigenvalue weighted by molar-refractivity contribution is 5.77. The van der Waals surface area contributed by atoms with E-state index in [1.165, 1.54) is 32.1 Å². The Morgan fingerprint density at radius 3 is 2.84 bits per heavy atom. The lowest BCUT2D eigenvalue weighted by molar-refractivity contribution is 0.0676. The number of nitrogens with zero attached hydrogens (tertiary/aromatic N) is 1. The van der Waals surface area contributed by atoms with E-state index in [1.54, 1.807) is 0 Å². The van der Waals surface area contributed by atoms with Gasteiger partial charge in [-0.1, -0.05) is 19.3 Å². The second-order valence-electron chi connectivity index (χ2n) is 6.09. The highest BCUT2D eigenvalue weighted by Gasteiger charge is 2.35. The molecule has 2 atom stereocenters. The molecule has 0 aromatic rings. The molecule has 0 aromatic heterocycles. The standard InChI is InChI=1S/C14H25N3O2/c18-14-16-13(11-4-2-1-3-5-11)9-17(14)8-12-10-19-7-6-15-12/h11-13,15H,1-10H2,(H,16,18). The van der Waals surface area contributed by atoms with Crippen LogP contribution in [0.15, 0.2) is 0 Å². The molecule has 1 saturated carbocycles. The molecule has 19 heavy (non-hydrogen) atoms. The fourth-order valence-electron chi connectivity index (χ4n) is 3.58. The van der Waals surface area contributed by atoms with Gasteiger partial charge in [-0.3, -0.25) is 0 Å². The number of rotatable bonds is 3. The van der Waals surface area contributed by atoms with Crippen LogP contribution in [-0.4, -0.2) is 55.9 Å². The van der Waals surface area contributed by atoms with E-state index in [0.717, 1.165) is 32.8 Å². The van der Waals surface area contributed by atoms with Crippen LogP contribution in [0.1, 0.15) is 32.1 Å². The van der Waals surface area contributed by atoms with Crippen LogP contribution >= 0.6 is 0 Å². The van der Waals surface area contributed by atoms with Crippen molar-refractivity contribution in [3.8, 4) is 0 Å². The van der Waals surface area contributed by atoms with Crippen molar-refractivity contribution in [3.05, 3.63) is 0 Å². The number of amides is 2. The normalized spacial score (nSPS) is 33.5. The number of hydrogen-bond donors (Lipinski definition) is 2. The summed E-state index contributed by atoms with van der Waals surface area (Å²) in [5.41, 5.74) is 0. The van der Waals surface area contributed by atoms with E-state index in [0.29, 0.717) is 18.0 Å². The maximum absolute atomic E-state index is 12.0. The smallest absolute Gasteiger partial charge is 0.317 e. The third kappa shape index (κ3) is 3.20. The third-order valence-corrected chi connectivity index (χ3v) is 4.67. The topological polar surface area (TPSA) is 53.6 Å². The van der Waals surface area contributed by atoms with Crippen molar-refractivity contribution in [2.24, 2.45) is 5.92 Å². The Morgan fingerprint density at radius 2 is 2.11 bits per heavy atom. The quantitative estimate of drug-likeness (QED) is 0.800. The summed E-state index contributed by atoms with van der Waals surface area (Å²) < 4.78 is 5.45. The Bertz CT molecular complexity index is 312. The number of carbonyl (C=O) groups is 1. The van der Waals surface area contributed by atoms with Crippen molar-refractivity contribution in [2.75, 3.05) is 32.8 Å². The van der Waals surface area contributed by atoms with Crippen LogP contribution in [0, 0.1) is 5.92 Å². The van der Waals surface area contributed by atoms with Crippen LogP contribution < -0.4 is 10.6 Å². The minimum Gasteiger partial charge on any atom is -0.378 e. The molecule has 2 saturated heterocycles. The molecule has 2 unspecified atom stereocenters. The molecule has 2 aliphatic heterocycles. The monoisotopic (exact) mass is 267 g/mol. The van der Waals surface area contributed by atoms with Gasteiger partial charge in [-0.15, -0.1) is 0 Å². The maximum Gasteiger partial charge on any atom is 0.317 e. The Labute approximate surface area is 115 Å². The summed E-state index contributed by atoms with van der Waals surface area (Å²) in [4.78, 5) is 14.0. The highest BCUT2D eigenvalue weighted by Crippen LogP contribution is 2.28. The van der Waals surface area contributed by atoms with Gasteiger partial charge in [0.25, 0.3) is 0 Å². The largest absolute Gasteiger partial charge is 0.378 e. The van der Waals surface area contributed by atoms with Crippen LogP contribution in [0.4, 0.5) is 4.79 Å². The molecule has 3 fully saturated rings. The van der Waals surface area contributed by atoms with E-state index in [4.69, 9.17) is 4.74 Å². The number of hydrogen-bond acceptors (Lipinski definition) is 3. The van der Waals surface area contributed by atoms with E-state index in [9.17, 15) is 4.79 Å². The summed E-state index contributed by atoms with van der Waals surface area (Å²) in [6.07, 6.45) is 6.58. The van der Waals surface area contributed by atoms with Gasteiger partial charge in [0, 0.05) is 25.7 Å². The van der Waals surface area contributed by atoms with Gasteiger partial charge in [0.2, 0.25) is 0 Å². The van der Waals surface area contributed by atoms with Crippen molar-refractivity contribution in [2.45, 2.75) is 44.2 Å². The Hall–Kier alpha value is -0.810. The molecular formula is C14H25N3O2. The molecule has 1 aliphatic carbocycles. The Morgan fingerprint density at radius 1 is 1.26 bits per heavy atom. The van der Waals surface area contributed by atoms with Crippen molar-refractivity contribution < 1.29 is 9.53 Å². The lowest BCUT2D eigenvalue weighted by Crippen LogP contribution is -2.49. The summed E-state index contributed by atoms with van der Waals surface area (Å²) in [6.45, 7) is 4.05. The first-order valence-electron chi connectivity index (χ1n) is 7.69. The number of ether oxygens (including phenoxy) is 1. The molecule has 0 bridgehead atoms. The Kier molecular flexibility index (Phi) is 4.23. The molecule has 0 spiro atoms. The van der Waals surface area contributed by atoms with Crippen LogP contribution in [0.3, 0.4) is 0 Å². The van der Waals surface area contributed by atoms with Gasteiger partial charge in [0.15, 0.2) is 0 Å². The molecular weight excluding hydrogens is 242 g/mol. The number of nitrogens with one attached hydrogen (secondary N) is 2. The number of morpholine rings is 1. The SMILES string of the molecule is O=C1NC(C2CCCCC2)CN1CC1COCCN1. The lowest BCUT2D eigenvalue weighted by atomic mass is 9.84. The summed E-state index contributed by atoms with van der Waals surface area (Å²) >= 11 is 0. The van der Waals surface area contributed by atoms with Gasteiger partial charge in [-0.25, -0.2) is 4.79 Å². The van der Waals surface area contributed by atoms with E-state index in [1.807, 2.05) is 4.90 Å². The fraction of sp³-hybridized carbons (Fsp3) is 0.929. The van der Waals surface area contributed by atoms with Crippen LogP contribution in [0.2, 0.25) is 0 Å². The number of carbonyl (C=O) groups excluding carboxylic acids is 1. The van der Waals surface area contributed by atoms with Crippen LogP contribution in [0.5, 0.6) is 0 Å². The molecule has 2 heterocycles. The third-order valence-electron chi connectivity index (χ3n) is 4.67. The fourth-order valence-corrected chi connectivity index (χ4v) is 3.58. The summed E-state index contributed by atoms with van der Waals surface area (Å²) in [7, 11) is 0. The van der Waals surface area contributed by atoms with Gasteiger partial charge in [-0.05, 0) is 18.8 Å². The van der Waals surface area contributed by atoms with Crippen LogP contribution in [-0.2, 0) is 4.74 Å². The van der Waals surface area contributed by atoms with E-state index in [-0.39, 0.29) is 6.03 Å². The number of urea groups is 1. The average Bonchev–Trinajstić information content (AvgIpc) is 2.82. The van der Waals surface area contributed by atoms with Crippen molar-refractivity contribution >= 4 is 6.03 Å². The van der Waals surface area contributed by atoms with E-state index >= 15 is 0 Å². The van der Waals surface area contributed by atoms with Gasteiger partial charge < -0.3 is 20.3 Å². The molecule has 108 valence electrons. The second kappa shape index (κ2) is 6.09. The molecule has 5 heteroatoms. The summed E-state index contributed by atoms with van der Waals surface area (Å²) in [5.74, 6) is 0.693. The molecule has 2 amide bonds. The first-order chi connectivity index (χ1) is 9.33. The summed E-state index contributed by atoms with van der Waals surface area (Å²) in [5, 5.41) is 6.60. The van der Waals surface area contributed by atoms with Crippen molar-refractivity contribution in [3.63, 3.8) is 0 Å². The van der Waals surface area contributed by atoms with Gasteiger partial charge in [0.05, 0.1) is 19.3 Å². The maximum atomic E-state index is 12.0. The van der Waals surface area contributed by atoms with Gasteiger partial charge in [0.1, 0.15) is 0 Å². The van der Waals surface area contributed by atoms with Crippen LogP contribution in [0.25, 0.3) is 0 Å².